The highest BCUT2D eigenvalue weighted by molar-refractivity contribution is 4.92. The fourth-order valence-electron chi connectivity index (χ4n) is 1.06. The zero-order valence-electron chi connectivity index (χ0n) is 9.66. The summed E-state index contributed by atoms with van der Waals surface area (Å²) in [4.78, 5) is 0. The Bertz CT molecular complexity index is 168. The van der Waals surface area contributed by atoms with Gasteiger partial charge >= 0.3 is 0 Å². The van der Waals surface area contributed by atoms with E-state index in [0.717, 1.165) is 6.42 Å². The summed E-state index contributed by atoms with van der Waals surface area (Å²) >= 11 is 0. The molecule has 0 aromatic heterocycles. The van der Waals surface area contributed by atoms with Gasteiger partial charge in [-0.1, -0.05) is 26.0 Å². The van der Waals surface area contributed by atoms with Crippen LogP contribution in [-0.2, 0) is 0 Å². The molecule has 4 nitrogen and oxygen atoms in total. The van der Waals surface area contributed by atoms with Crippen molar-refractivity contribution in [3.63, 3.8) is 0 Å². The quantitative estimate of drug-likeness (QED) is 0.384. The molecule has 0 spiro atoms. The zero-order chi connectivity index (χ0) is 11.7. The van der Waals surface area contributed by atoms with Crippen LogP contribution in [0.25, 0.3) is 0 Å². The molecule has 0 bridgehead atoms. The van der Waals surface area contributed by atoms with E-state index in [1.807, 2.05) is 6.08 Å². The number of allylic oxidation sites excluding steroid dienone is 1. The molecule has 0 aliphatic rings. The topological polar surface area (TPSA) is 75.4 Å². The summed E-state index contributed by atoms with van der Waals surface area (Å²) in [7, 11) is 0. The maximum atomic E-state index is 9.05. The first kappa shape index (κ1) is 14.6. The fraction of sp³-hybridized carbons (Fsp3) is 0.818. The third-order valence-electron chi connectivity index (χ3n) is 2.31. The fourth-order valence-corrected chi connectivity index (χ4v) is 1.06. The van der Waals surface area contributed by atoms with Gasteiger partial charge in [0.15, 0.2) is 6.61 Å². The molecule has 0 saturated carbocycles. The number of hydrogen-bond donors (Lipinski definition) is 3. The molecule has 0 radical (unpaired) electrons. The summed E-state index contributed by atoms with van der Waals surface area (Å²) in [5, 5.41) is 28.3. The van der Waals surface area contributed by atoms with Gasteiger partial charge in [0.2, 0.25) is 0 Å². The number of aliphatic hydroxyl groups is 2. The third-order valence-corrected chi connectivity index (χ3v) is 2.31. The predicted molar refractivity (Wildman–Crippen MR) is 62.0 cm³/mol. The number of hydrogen-bond acceptors (Lipinski definition) is 3. The summed E-state index contributed by atoms with van der Waals surface area (Å²) < 4.78 is 0. The van der Waals surface area contributed by atoms with Gasteiger partial charge in [0.1, 0.15) is 5.54 Å². The maximum Gasteiger partial charge on any atom is 0.166 e. The van der Waals surface area contributed by atoms with Crippen LogP contribution >= 0.6 is 0 Å². The van der Waals surface area contributed by atoms with Crippen LogP contribution in [0.5, 0.6) is 0 Å². The Balaban J connectivity index is 3.85. The second kappa shape index (κ2) is 7.82. The summed E-state index contributed by atoms with van der Waals surface area (Å²) in [6.45, 7) is 4.40. The molecule has 0 unspecified atom stereocenters. The molecule has 0 aliphatic carbocycles. The molecule has 0 rings (SSSR count). The van der Waals surface area contributed by atoms with Crippen molar-refractivity contribution in [2.75, 3.05) is 26.4 Å². The molecule has 0 aliphatic heterocycles. The van der Waals surface area contributed by atoms with Crippen molar-refractivity contribution < 1.29 is 15.3 Å². The van der Waals surface area contributed by atoms with Gasteiger partial charge in [-0.15, -0.1) is 0 Å². The van der Waals surface area contributed by atoms with E-state index in [9.17, 15) is 0 Å². The molecular formula is C11H24NO3+. The van der Waals surface area contributed by atoms with Crippen LogP contribution in [0.2, 0.25) is 0 Å². The van der Waals surface area contributed by atoms with Gasteiger partial charge in [-0.25, -0.2) is 0 Å². The smallest absolute Gasteiger partial charge is 0.166 e. The first-order valence-corrected chi connectivity index (χ1v) is 5.36. The lowest BCUT2D eigenvalue weighted by atomic mass is 10.0. The highest BCUT2D eigenvalue weighted by Gasteiger charge is 2.29. The third kappa shape index (κ3) is 5.89. The Morgan fingerprint density at radius 3 is 2.27 bits per heavy atom. The van der Waals surface area contributed by atoms with Gasteiger partial charge in [0, 0.05) is 6.54 Å². The van der Waals surface area contributed by atoms with Crippen molar-refractivity contribution in [1.82, 2.24) is 5.32 Å². The molecule has 4 heteroatoms. The second-order valence-electron chi connectivity index (χ2n) is 4.26. The Morgan fingerprint density at radius 2 is 1.87 bits per heavy atom. The van der Waals surface area contributed by atoms with Crippen molar-refractivity contribution in [2.24, 2.45) is 5.92 Å². The Labute approximate surface area is 91.6 Å². The van der Waals surface area contributed by atoms with Crippen molar-refractivity contribution in [1.29, 1.82) is 0 Å². The lowest BCUT2D eigenvalue weighted by molar-refractivity contribution is 0.0451. The first-order valence-electron chi connectivity index (χ1n) is 5.36. The van der Waals surface area contributed by atoms with Gasteiger partial charge < -0.3 is 15.3 Å². The predicted octanol–water partition coefficient (Wildman–Crippen LogP) is -0.374. The Morgan fingerprint density at radius 1 is 1.27 bits per heavy atom. The number of aliphatic hydroxyl groups excluding tert-OH is 2. The minimum Gasteiger partial charge on any atom is -0.444 e. The zero-order valence-corrected chi connectivity index (χ0v) is 9.66. The van der Waals surface area contributed by atoms with E-state index in [0.29, 0.717) is 12.5 Å². The van der Waals surface area contributed by atoms with Crippen LogP contribution in [0.4, 0.5) is 0 Å². The van der Waals surface area contributed by atoms with E-state index >= 15 is 0 Å². The van der Waals surface area contributed by atoms with Crippen LogP contribution in [-0.4, -0.2) is 47.2 Å². The molecular weight excluding hydrogens is 194 g/mol. The molecule has 0 heterocycles. The first-order chi connectivity index (χ1) is 7.10. The molecule has 5 N–H and O–H groups in total. The van der Waals surface area contributed by atoms with E-state index in [1.165, 1.54) is 0 Å². The molecule has 0 saturated heterocycles. The van der Waals surface area contributed by atoms with Crippen LogP contribution in [0.15, 0.2) is 12.2 Å². The van der Waals surface area contributed by atoms with Crippen LogP contribution in [0.1, 0.15) is 20.3 Å². The standard InChI is InChI=1S/C11H23NO3/c1-10(2)5-3-4-6-12-11(7-13,8-14)9-15/h3-4,10,12-15H,5-9H2,1-2H3/p+1/b4-3+. The lowest BCUT2D eigenvalue weighted by Crippen LogP contribution is -2.54. The number of nitrogens with one attached hydrogen (secondary N) is 1. The van der Waals surface area contributed by atoms with Gasteiger partial charge in [-0.05, 0) is 12.3 Å². The van der Waals surface area contributed by atoms with Crippen molar-refractivity contribution in [3.05, 3.63) is 12.2 Å². The van der Waals surface area contributed by atoms with E-state index in [1.54, 1.807) is 0 Å². The van der Waals surface area contributed by atoms with E-state index in [-0.39, 0.29) is 19.8 Å². The van der Waals surface area contributed by atoms with Crippen LogP contribution in [0.3, 0.4) is 0 Å². The summed E-state index contributed by atoms with van der Waals surface area (Å²) in [6.07, 6.45) is 5.06. The van der Waals surface area contributed by atoms with Crippen LogP contribution in [0, 0.1) is 5.92 Å². The summed E-state index contributed by atoms with van der Waals surface area (Å²) in [5.41, 5.74) is -0.859. The highest BCUT2D eigenvalue weighted by atomic mass is 16.3. The van der Waals surface area contributed by atoms with E-state index < -0.39 is 5.54 Å². The SMILES string of the molecule is CC(C)C/C=C/CNC(CO)(CO)C[OH2+]. The number of rotatable bonds is 8. The monoisotopic (exact) mass is 218 g/mol. The Hall–Kier alpha value is -0.420. The molecule has 0 fully saturated rings. The molecule has 90 valence electrons. The van der Waals surface area contributed by atoms with E-state index in [4.69, 9.17) is 15.3 Å². The largest absolute Gasteiger partial charge is 0.444 e. The van der Waals surface area contributed by atoms with Gasteiger partial charge in [-0.2, -0.15) is 0 Å². The summed E-state index contributed by atoms with van der Waals surface area (Å²) in [5.74, 6) is 0.637. The minimum atomic E-state index is -0.859. The van der Waals surface area contributed by atoms with Crippen molar-refractivity contribution in [2.45, 2.75) is 25.8 Å². The van der Waals surface area contributed by atoms with Gasteiger partial charge in [0.25, 0.3) is 0 Å². The van der Waals surface area contributed by atoms with Gasteiger partial charge in [-0.3, -0.25) is 5.32 Å². The van der Waals surface area contributed by atoms with Gasteiger partial charge in [0.05, 0.1) is 13.2 Å². The molecule has 0 aromatic carbocycles. The Kier molecular flexibility index (Phi) is 7.60. The molecule has 0 atom stereocenters. The molecule has 0 amide bonds. The normalized spacial score (nSPS) is 12.9. The average Bonchev–Trinajstić information content (AvgIpc) is 2.24. The lowest BCUT2D eigenvalue weighted by Gasteiger charge is -2.25. The van der Waals surface area contributed by atoms with Crippen molar-refractivity contribution >= 4 is 0 Å². The minimum absolute atomic E-state index is 0.0297. The molecule has 0 aromatic rings. The second-order valence-corrected chi connectivity index (χ2v) is 4.26. The van der Waals surface area contributed by atoms with E-state index in [2.05, 4.69) is 25.2 Å². The maximum absolute atomic E-state index is 9.05. The highest BCUT2D eigenvalue weighted by Crippen LogP contribution is 2.02. The molecule has 15 heavy (non-hydrogen) atoms. The van der Waals surface area contributed by atoms with Crippen molar-refractivity contribution in [3.8, 4) is 0 Å². The summed E-state index contributed by atoms with van der Waals surface area (Å²) in [6, 6.07) is 0. The average molecular weight is 218 g/mol. The van der Waals surface area contributed by atoms with Crippen LogP contribution < -0.4 is 5.32 Å².